The first-order valence-electron chi connectivity index (χ1n) is 7.37. The summed E-state index contributed by atoms with van der Waals surface area (Å²) in [4.78, 5) is 12.1. The molecule has 2 rings (SSSR count). The van der Waals surface area contributed by atoms with Gasteiger partial charge in [-0.05, 0) is 37.5 Å². The number of ether oxygens (including phenoxy) is 2. The van der Waals surface area contributed by atoms with E-state index in [4.69, 9.17) is 9.47 Å². The average molecular weight is 326 g/mol. The molecule has 0 aliphatic carbocycles. The lowest BCUT2D eigenvalue weighted by Crippen LogP contribution is -2.49. The summed E-state index contributed by atoms with van der Waals surface area (Å²) >= 11 is 0. The number of aryl methyl sites for hydroxylation is 1. The Hall–Kier alpha value is -1.40. The number of hydrogen-bond donors (Lipinski definition) is 0. The Balaban J connectivity index is 2.43. The van der Waals surface area contributed by atoms with Gasteiger partial charge in [-0.1, -0.05) is 19.1 Å². The van der Waals surface area contributed by atoms with Crippen molar-refractivity contribution in [1.29, 1.82) is 0 Å². The van der Waals surface area contributed by atoms with Crippen LogP contribution in [-0.4, -0.2) is 39.0 Å². The van der Waals surface area contributed by atoms with E-state index in [2.05, 4.69) is 0 Å². The second-order valence-corrected chi connectivity index (χ2v) is 8.04. The van der Waals surface area contributed by atoms with Crippen molar-refractivity contribution in [2.45, 2.75) is 48.9 Å². The summed E-state index contributed by atoms with van der Waals surface area (Å²) in [5.41, 5.74) is 0.893. The Morgan fingerprint density at radius 2 is 2.18 bits per heavy atom. The van der Waals surface area contributed by atoms with Crippen LogP contribution in [0, 0.1) is 6.92 Å². The topological polar surface area (TPSA) is 69.7 Å². The fraction of sp³-hybridized carbons (Fsp3) is 0.562. The minimum Gasteiger partial charge on any atom is -0.467 e. The molecule has 5 nitrogen and oxygen atoms in total. The van der Waals surface area contributed by atoms with Crippen molar-refractivity contribution in [3.05, 3.63) is 29.8 Å². The van der Waals surface area contributed by atoms with Crippen LogP contribution < -0.4 is 0 Å². The Kier molecular flexibility index (Phi) is 4.92. The lowest BCUT2D eigenvalue weighted by molar-refractivity contribution is -0.158. The minimum absolute atomic E-state index is 0.131. The van der Waals surface area contributed by atoms with Crippen LogP contribution >= 0.6 is 0 Å². The van der Waals surface area contributed by atoms with Gasteiger partial charge < -0.3 is 9.47 Å². The van der Waals surface area contributed by atoms with Gasteiger partial charge in [-0.3, -0.25) is 0 Å². The molecule has 1 aliphatic rings. The van der Waals surface area contributed by atoms with E-state index in [0.29, 0.717) is 17.7 Å². The summed E-state index contributed by atoms with van der Waals surface area (Å²) in [5, 5.41) is 0. The van der Waals surface area contributed by atoms with Gasteiger partial charge in [0.2, 0.25) is 0 Å². The van der Waals surface area contributed by atoms with Crippen LogP contribution in [0.2, 0.25) is 0 Å². The first kappa shape index (κ1) is 17.0. The van der Waals surface area contributed by atoms with Gasteiger partial charge in [0.1, 0.15) is 0 Å². The number of methoxy groups -OCH3 is 1. The van der Waals surface area contributed by atoms with Crippen molar-refractivity contribution in [2.75, 3.05) is 13.7 Å². The summed E-state index contributed by atoms with van der Waals surface area (Å²) in [6.45, 7) is 3.94. The molecule has 1 fully saturated rings. The van der Waals surface area contributed by atoms with Crippen molar-refractivity contribution in [3.8, 4) is 0 Å². The second-order valence-electron chi connectivity index (χ2n) is 5.69. The number of esters is 1. The molecule has 22 heavy (non-hydrogen) atoms. The molecule has 0 saturated carbocycles. The first-order valence-corrected chi connectivity index (χ1v) is 8.85. The lowest BCUT2D eigenvalue weighted by atomic mass is 9.92. The largest absolute Gasteiger partial charge is 0.467 e. The van der Waals surface area contributed by atoms with E-state index in [-0.39, 0.29) is 13.0 Å². The summed E-state index contributed by atoms with van der Waals surface area (Å²) in [6, 6.07) is 6.89. The predicted octanol–water partition coefficient (Wildman–Crippen LogP) is 2.27. The summed E-state index contributed by atoms with van der Waals surface area (Å²) in [6.07, 6.45) is 0.123. The van der Waals surface area contributed by atoms with Gasteiger partial charge in [0, 0.05) is 13.0 Å². The summed E-state index contributed by atoms with van der Waals surface area (Å²) < 4.78 is 35.4. The maximum absolute atomic E-state index is 13.1. The molecule has 1 heterocycles. The van der Waals surface area contributed by atoms with Gasteiger partial charge in [-0.25, -0.2) is 13.2 Å². The van der Waals surface area contributed by atoms with Crippen LogP contribution in [0.5, 0.6) is 0 Å². The molecule has 0 spiro atoms. The highest BCUT2D eigenvalue weighted by Gasteiger charge is 2.49. The van der Waals surface area contributed by atoms with Crippen LogP contribution in [0.25, 0.3) is 0 Å². The zero-order valence-corrected chi connectivity index (χ0v) is 14.0. The van der Waals surface area contributed by atoms with Gasteiger partial charge >= 0.3 is 5.97 Å². The Morgan fingerprint density at radius 3 is 2.77 bits per heavy atom. The number of rotatable bonds is 4. The van der Waals surface area contributed by atoms with Crippen LogP contribution in [0.1, 0.15) is 31.7 Å². The molecule has 2 atom stereocenters. The third-order valence-corrected chi connectivity index (χ3v) is 7.09. The fourth-order valence-electron chi connectivity index (χ4n) is 2.96. The smallest absolute Gasteiger partial charge is 0.335 e. The molecule has 2 unspecified atom stereocenters. The zero-order chi connectivity index (χ0) is 16.4. The van der Waals surface area contributed by atoms with Crippen molar-refractivity contribution in [2.24, 2.45) is 0 Å². The Labute approximate surface area is 131 Å². The van der Waals surface area contributed by atoms with Crippen molar-refractivity contribution < 1.29 is 22.7 Å². The third kappa shape index (κ3) is 2.90. The molecule has 1 saturated heterocycles. The monoisotopic (exact) mass is 326 g/mol. The maximum atomic E-state index is 13.1. The lowest BCUT2D eigenvalue weighted by Gasteiger charge is -2.38. The molecular weight excluding hydrogens is 304 g/mol. The number of sulfone groups is 1. The molecule has 6 heteroatoms. The highest BCUT2D eigenvalue weighted by molar-refractivity contribution is 7.92. The SMILES string of the molecule is CCC1(S(=O)(=O)c2cccc(C)c2)CCOC(C(=O)OC)C1. The van der Waals surface area contributed by atoms with Crippen LogP contribution in [0.3, 0.4) is 0 Å². The molecule has 1 aromatic carbocycles. The minimum atomic E-state index is -3.56. The Bertz CT molecular complexity index is 652. The molecule has 0 bridgehead atoms. The standard InChI is InChI=1S/C16H22O5S/c1-4-16(8-9-21-14(11-16)15(17)20-3)22(18,19)13-7-5-6-12(2)10-13/h5-7,10,14H,4,8-9,11H2,1-3H3. The fourth-order valence-corrected chi connectivity index (χ4v) is 5.16. The van der Waals surface area contributed by atoms with Crippen LogP contribution in [-0.2, 0) is 24.1 Å². The van der Waals surface area contributed by atoms with E-state index in [1.54, 1.807) is 18.2 Å². The molecule has 0 aromatic heterocycles. The van der Waals surface area contributed by atoms with Crippen LogP contribution in [0.15, 0.2) is 29.2 Å². The van der Waals surface area contributed by atoms with Gasteiger partial charge in [0.05, 0.1) is 16.8 Å². The van der Waals surface area contributed by atoms with Gasteiger partial charge in [-0.2, -0.15) is 0 Å². The summed E-state index contributed by atoms with van der Waals surface area (Å²) in [5.74, 6) is -0.517. The van der Waals surface area contributed by atoms with E-state index >= 15 is 0 Å². The summed E-state index contributed by atoms with van der Waals surface area (Å²) in [7, 11) is -2.28. The van der Waals surface area contributed by atoms with E-state index in [0.717, 1.165) is 5.56 Å². The number of benzene rings is 1. The third-order valence-electron chi connectivity index (χ3n) is 4.41. The van der Waals surface area contributed by atoms with E-state index < -0.39 is 26.7 Å². The van der Waals surface area contributed by atoms with E-state index in [1.807, 2.05) is 19.9 Å². The van der Waals surface area contributed by atoms with Crippen molar-refractivity contribution >= 4 is 15.8 Å². The van der Waals surface area contributed by atoms with E-state index in [1.165, 1.54) is 7.11 Å². The second kappa shape index (κ2) is 6.38. The van der Waals surface area contributed by atoms with Gasteiger partial charge in [-0.15, -0.1) is 0 Å². The molecule has 0 N–H and O–H groups in total. The van der Waals surface area contributed by atoms with Gasteiger partial charge in [0.25, 0.3) is 0 Å². The maximum Gasteiger partial charge on any atom is 0.335 e. The molecule has 1 aromatic rings. The molecular formula is C16H22O5S. The highest BCUT2D eigenvalue weighted by Crippen LogP contribution is 2.40. The molecule has 122 valence electrons. The predicted molar refractivity (Wildman–Crippen MR) is 82.4 cm³/mol. The number of carbonyl (C=O) groups excluding carboxylic acids is 1. The quantitative estimate of drug-likeness (QED) is 0.794. The molecule has 1 aliphatic heterocycles. The average Bonchev–Trinajstić information content (AvgIpc) is 2.53. The highest BCUT2D eigenvalue weighted by atomic mass is 32.2. The first-order chi connectivity index (χ1) is 10.4. The van der Waals surface area contributed by atoms with Crippen molar-refractivity contribution in [3.63, 3.8) is 0 Å². The van der Waals surface area contributed by atoms with Gasteiger partial charge in [0.15, 0.2) is 15.9 Å². The Morgan fingerprint density at radius 1 is 1.45 bits per heavy atom. The normalized spacial score (nSPS) is 25.7. The van der Waals surface area contributed by atoms with Crippen LogP contribution in [0.4, 0.5) is 0 Å². The molecule has 0 radical (unpaired) electrons. The molecule has 0 amide bonds. The van der Waals surface area contributed by atoms with E-state index in [9.17, 15) is 13.2 Å². The number of carbonyl (C=O) groups is 1. The van der Waals surface area contributed by atoms with Crippen molar-refractivity contribution in [1.82, 2.24) is 0 Å². The number of hydrogen-bond acceptors (Lipinski definition) is 5. The zero-order valence-electron chi connectivity index (χ0n) is 13.2.